The van der Waals surface area contributed by atoms with E-state index in [0.717, 1.165) is 25.2 Å². The van der Waals surface area contributed by atoms with E-state index in [2.05, 4.69) is 53.4 Å². The third kappa shape index (κ3) is 2.65. The van der Waals surface area contributed by atoms with Crippen molar-refractivity contribution >= 4 is 11.5 Å². The molecule has 0 N–H and O–H groups in total. The maximum absolute atomic E-state index is 11.8. The topological polar surface area (TPSA) is 29.5 Å². The second-order valence-corrected chi connectivity index (χ2v) is 6.60. The lowest BCUT2D eigenvalue weighted by Crippen LogP contribution is -2.21. The average Bonchev–Trinajstić information content (AvgIpc) is 3.14. The summed E-state index contributed by atoms with van der Waals surface area (Å²) in [5.74, 6) is 0.591. The van der Waals surface area contributed by atoms with Gasteiger partial charge in [-0.05, 0) is 22.3 Å². The highest BCUT2D eigenvalue weighted by molar-refractivity contribution is 5.94. The number of likely N-dealkylation sites (tertiary alicyclic amines) is 1. The van der Waals surface area contributed by atoms with Crippen LogP contribution in [0.15, 0.2) is 60.7 Å². The van der Waals surface area contributed by atoms with Crippen LogP contribution in [0.2, 0.25) is 0 Å². The van der Waals surface area contributed by atoms with Gasteiger partial charge in [0.15, 0.2) is 0 Å². The summed E-state index contributed by atoms with van der Waals surface area (Å²) in [6, 6.07) is 19.1. The third-order valence-electron chi connectivity index (χ3n) is 5.19. The molecule has 1 fully saturated rings. The van der Waals surface area contributed by atoms with E-state index in [4.69, 9.17) is 4.74 Å². The van der Waals surface area contributed by atoms with Gasteiger partial charge < -0.3 is 4.74 Å². The van der Waals surface area contributed by atoms with Crippen molar-refractivity contribution in [2.24, 2.45) is 5.92 Å². The molecule has 0 radical (unpaired) electrons. The van der Waals surface area contributed by atoms with Crippen LogP contribution in [0.3, 0.4) is 0 Å². The molecule has 2 atom stereocenters. The minimum Gasteiger partial charge on any atom is -0.466 e. The minimum absolute atomic E-state index is 0.262. The fourth-order valence-electron chi connectivity index (χ4n) is 4.14. The van der Waals surface area contributed by atoms with E-state index in [0.29, 0.717) is 11.8 Å². The highest BCUT2D eigenvalue weighted by Crippen LogP contribution is 2.50. The number of fused-ring (bicyclic) bond motifs is 3. The number of nitrogens with zero attached hydrogens (tertiary/aromatic N) is 1. The summed E-state index contributed by atoms with van der Waals surface area (Å²) < 4.78 is 4.87. The molecule has 122 valence electrons. The summed E-state index contributed by atoms with van der Waals surface area (Å²) in [7, 11) is 1.44. The van der Waals surface area contributed by atoms with Crippen LogP contribution in [0.4, 0.5) is 0 Å². The lowest BCUT2D eigenvalue weighted by Gasteiger charge is -2.18. The summed E-state index contributed by atoms with van der Waals surface area (Å²) >= 11 is 0. The zero-order chi connectivity index (χ0) is 16.5. The molecule has 0 saturated carbocycles. The number of ether oxygens (including phenoxy) is 1. The van der Waals surface area contributed by atoms with Crippen molar-refractivity contribution < 1.29 is 9.53 Å². The van der Waals surface area contributed by atoms with Crippen LogP contribution in [0.25, 0.3) is 5.57 Å². The molecular formula is C21H21NO2. The van der Waals surface area contributed by atoms with Crippen molar-refractivity contribution in [3.8, 4) is 0 Å². The van der Waals surface area contributed by atoms with E-state index in [1.165, 1.54) is 23.8 Å². The van der Waals surface area contributed by atoms with Gasteiger partial charge in [0.05, 0.1) is 7.11 Å². The van der Waals surface area contributed by atoms with E-state index in [-0.39, 0.29) is 5.97 Å². The SMILES string of the molecule is COC(=O)/C=C1\c2ccccc2[C@@H]2CN(Cc3ccccc3)C[C@H]12. The third-order valence-corrected chi connectivity index (χ3v) is 5.19. The molecule has 3 heteroatoms. The molecular weight excluding hydrogens is 298 g/mol. The summed E-state index contributed by atoms with van der Waals surface area (Å²) in [6.07, 6.45) is 1.69. The van der Waals surface area contributed by atoms with Gasteiger partial charge in [0.25, 0.3) is 0 Å². The lowest BCUT2D eigenvalue weighted by molar-refractivity contribution is -0.134. The molecule has 24 heavy (non-hydrogen) atoms. The van der Waals surface area contributed by atoms with E-state index < -0.39 is 0 Å². The van der Waals surface area contributed by atoms with Gasteiger partial charge >= 0.3 is 5.97 Å². The lowest BCUT2D eigenvalue weighted by atomic mass is 9.94. The molecule has 1 aliphatic carbocycles. The molecule has 0 unspecified atom stereocenters. The largest absolute Gasteiger partial charge is 0.466 e. The molecule has 1 aliphatic heterocycles. The van der Waals surface area contributed by atoms with E-state index >= 15 is 0 Å². The Labute approximate surface area is 142 Å². The standard InChI is InChI=1S/C21H21NO2/c1-24-21(23)11-18-16-9-5-6-10-17(16)19-13-22(14-20(18)19)12-15-7-3-2-4-8-15/h2-11,19-20H,12-14H2,1H3/b18-11+/t19-,20+/m0/s1. The maximum Gasteiger partial charge on any atom is 0.330 e. The van der Waals surface area contributed by atoms with Gasteiger partial charge in [0, 0.05) is 37.5 Å². The van der Waals surface area contributed by atoms with E-state index in [1.807, 2.05) is 6.07 Å². The molecule has 0 aromatic heterocycles. The molecule has 0 spiro atoms. The quantitative estimate of drug-likeness (QED) is 0.641. The Balaban J connectivity index is 1.62. The Bertz CT molecular complexity index is 781. The predicted molar refractivity (Wildman–Crippen MR) is 94.4 cm³/mol. The Hall–Kier alpha value is -2.39. The molecule has 1 saturated heterocycles. The number of carbonyl (C=O) groups is 1. The van der Waals surface area contributed by atoms with Crippen LogP contribution in [0.1, 0.15) is 22.6 Å². The smallest absolute Gasteiger partial charge is 0.330 e. The van der Waals surface area contributed by atoms with E-state index in [1.54, 1.807) is 6.08 Å². The molecule has 2 aromatic rings. The molecule has 0 bridgehead atoms. The van der Waals surface area contributed by atoms with Gasteiger partial charge in [0.1, 0.15) is 0 Å². The first-order chi connectivity index (χ1) is 11.8. The minimum atomic E-state index is -0.262. The van der Waals surface area contributed by atoms with Crippen LogP contribution >= 0.6 is 0 Å². The first-order valence-corrected chi connectivity index (χ1v) is 8.41. The van der Waals surface area contributed by atoms with Crippen molar-refractivity contribution in [2.75, 3.05) is 20.2 Å². The van der Waals surface area contributed by atoms with Crippen LogP contribution in [-0.4, -0.2) is 31.1 Å². The molecule has 0 amide bonds. The van der Waals surface area contributed by atoms with Gasteiger partial charge in [-0.1, -0.05) is 54.6 Å². The zero-order valence-corrected chi connectivity index (χ0v) is 13.8. The Kier molecular flexibility index (Phi) is 3.95. The number of hydrogen-bond donors (Lipinski definition) is 0. The second-order valence-electron chi connectivity index (χ2n) is 6.60. The maximum atomic E-state index is 11.8. The number of hydrogen-bond acceptors (Lipinski definition) is 3. The predicted octanol–water partition coefficient (Wildman–Crippen LogP) is 3.47. The van der Waals surface area contributed by atoms with Crippen LogP contribution in [0, 0.1) is 5.92 Å². The van der Waals surface area contributed by atoms with Gasteiger partial charge in [-0.2, -0.15) is 0 Å². The number of esters is 1. The van der Waals surface area contributed by atoms with Crippen molar-refractivity contribution in [1.82, 2.24) is 4.90 Å². The second kappa shape index (κ2) is 6.25. The Morgan fingerprint density at radius 2 is 1.79 bits per heavy atom. The molecule has 2 aliphatic rings. The van der Waals surface area contributed by atoms with Gasteiger partial charge in [-0.25, -0.2) is 4.79 Å². The van der Waals surface area contributed by atoms with Crippen molar-refractivity contribution in [3.05, 3.63) is 77.4 Å². The molecule has 4 rings (SSSR count). The van der Waals surface area contributed by atoms with Crippen molar-refractivity contribution in [2.45, 2.75) is 12.5 Å². The molecule has 3 nitrogen and oxygen atoms in total. The Morgan fingerprint density at radius 3 is 2.58 bits per heavy atom. The number of carbonyl (C=O) groups excluding carboxylic acids is 1. The van der Waals surface area contributed by atoms with E-state index in [9.17, 15) is 4.79 Å². The molecule has 1 heterocycles. The van der Waals surface area contributed by atoms with Gasteiger partial charge in [0.2, 0.25) is 0 Å². The van der Waals surface area contributed by atoms with Crippen LogP contribution in [0.5, 0.6) is 0 Å². The van der Waals surface area contributed by atoms with Crippen LogP contribution < -0.4 is 0 Å². The highest BCUT2D eigenvalue weighted by Gasteiger charge is 2.42. The fraction of sp³-hybridized carbons (Fsp3) is 0.286. The monoisotopic (exact) mass is 319 g/mol. The summed E-state index contributed by atoms with van der Waals surface area (Å²) in [5.41, 5.74) is 5.06. The first-order valence-electron chi connectivity index (χ1n) is 8.41. The highest BCUT2D eigenvalue weighted by atomic mass is 16.5. The zero-order valence-electron chi connectivity index (χ0n) is 13.8. The Morgan fingerprint density at radius 1 is 1.08 bits per heavy atom. The van der Waals surface area contributed by atoms with Crippen molar-refractivity contribution in [1.29, 1.82) is 0 Å². The van der Waals surface area contributed by atoms with Crippen molar-refractivity contribution in [3.63, 3.8) is 0 Å². The summed E-state index contributed by atoms with van der Waals surface area (Å²) in [5, 5.41) is 0. The van der Waals surface area contributed by atoms with Gasteiger partial charge in [-0.3, -0.25) is 4.90 Å². The summed E-state index contributed by atoms with van der Waals surface area (Å²) in [6.45, 7) is 2.98. The number of benzene rings is 2. The molecule has 2 aromatic carbocycles. The van der Waals surface area contributed by atoms with Crippen LogP contribution in [-0.2, 0) is 16.1 Å². The number of rotatable bonds is 3. The first kappa shape index (κ1) is 15.2. The van der Waals surface area contributed by atoms with Gasteiger partial charge in [-0.15, -0.1) is 0 Å². The fourth-order valence-corrected chi connectivity index (χ4v) is 4.14. The average molecular weight is 319 g/mol. The number of methoxy groups -OCH3 is 1. The normalized spacial score (nSPS) is 24.0. The summed E-state index contributed by atoms with van der Waals surface area (Å²) in [4.78, 5) is 14.3.